The van der Waals surface area contributed by atoms with Gasteiger partial charge in [0.2, 0.25) is 0 Å². The van der Waals surface area contributed by atoms with Crippen LogP contribution in [0.4, 0.5) is 4.79 Å². The summed E-state index contributed by atoms with van der Waals surface area (Å²) >= 11 is 3.07. The van der Waals surface area contributed by atoms with Crippen molar-refractivity contribution in [3.63, 3.8) is 0 Å². The third kappa shape index (κ3) is 4.60. The molecule has 0 rings (SSSR count). The fraction of sp³-hybridized carbons (Fsp3) is 0.778. The number of ether oxygens (including phenoxy) is 1. The van der Waals surface area contributed by atoms with Gasteiger partial charge < -0.3 is 10.1 Å². The Balaban J connectivity index is 4.23. The molecule has 0 spiro atoms. The zero-order valence-electron chi connectivity index (χ0n) is 8.67. The summed E-state index contributed by atoms with van der Waals surface area (Å²) < 4.78 is 4.70. The van der Waals surface area contributed by atoms with E-state index in [0.29, 0.717) is 6.61 Å². The van der Waals surface area contributed by atoms with Gasteiger partial charge in [0.15, 0.2) is 5.78 Å². The number of rotatable bonds is 5. The average molecular weight is 266 g/mol. The summed E-state index contributed by atoms with van der Waals surface area (Å²) in [5, 5.41) is 2.77. The molecule has 0 unspecified atom stereocenters. The van der Waals surface area contributed by atoms with Gasteiger partial charge in [-0.2, -0.15) is 0 Å². The summed E-state index contributed by atoms with van der Waals surface area (Å²) in [7, 11) is 0. The Kier molecular flexibility index (Phi) is 6.53. The fourth-order valence-electron chi connectivity index (χ4n) is 1.00. The molecule has 0 fully saturated rings. The molecule has 1 N–H and O–H groups in total. The molecule has 1 atom stereocenters. The zero-order valence-corrected chi connectivity index (χ0v) is 10.3. The van der Waals surface area contributed by atoms with Crippen LogP contribution in [0.2, 0.25) is 0 Å². The molecule has 0 aliphatic rings. The Bertz CT molecular complexity index is 206. The first-order valence-corrected chi connectivity index (χ1v) is 5.67. The zero-order chi connectivity index (χ0) is 11.1. The van der Waals surface area contributed by atoms with E-state index in [4.69, 9.17) is 4.74 Å². The molecule has 5 heteroatoms. The number of alkyl halides is 1. The van der Waals surface area contributed by atoms with Gasteiger partial charge in [0, 0.05) is 0 Å². The normalized spacial score (nSPS) is 12.4. The predicted octanol–water partition coefficient (Wildman–Crippen LogP) is 1.72. The molecule has 1 amide bonds. The van der Waals surface area contributed by atoms with Gasteiger partial charge in [-0.05, 0) is 12.8 Å². The highest BCUT2D eigenvalue weighted by molar-refractivity contribution is 9.09. The largest absolute Gasteiger partial charge is 0.450 e. The molecule has 0 aromatic heterocycles. The van der Waals surface area contributed by atoms with E-state index >= 15 is 0 Å². The van der Waals surface area contributed by atoms with Gasteiger partial charge in [0.1, 0.15) is 0 Å². The quantitative estimate of drug-likeness (QED) is 0.771. The van der Waals surface area contributed by atoms with Gasteiger partial charge in [-0.1, -0.05) is 29.8 Å². The molecule has 0 bridgehead atoms. The molecule has 0 saturated carbocycles. The average Bonchev–Trinajstić information content (AvgIpc) is 2.13. The van der Waals surface area contributed by atoms with Crippen LogP contribution in [0.3, 0.4) is 0 Å². The lowest BCUT2D eigenvalue weighted by Crippen LogP contribution is -2.45. The molecule has 14 heavy (non-hydrogen) atoms. The van der Waals surface area contributed by atoms with E-state index in [1.165, 1.54) is 0 Å². The van der Waals surface area contributed by atoms with Crippen molar-refractivity contribution in [2.75, 3.05) is 11.9 Å². The third-order valence-corrected chi connectivity index (χ3v) is 2.25. The van der Waals surface area contributed by atoms with Crippen LogP contribution in [0.15, 0.2) is 0 Å². The maximum Gasteiger partial charge on any atom is 0.407 e. The maximum atomic E-state index is 11.4. The minimum Gasteiger partial charge on any atom is -0.450 e. The van der Waals surface area contributed by atoms with Crippen molar-refractivity contribution in [1.82, 2.24) is 5.32 Å². The highest BCUT2D eigenvalue weighted by atomic mass is 79.9. The van der Waals surface area contributed by atoms with Crippen molar-refractivity contribution in [2.24, 2.45) is 5.92 Å². The molecular weight excluding hydrogens is 250 g/mol. The second-order valence-electron chi connectivity index (χ2n) is 3.19. The molecule has 0 radical (unpaired) electrons. The summed E-state index contributed by atoms with van der Waals surface area (Å²) in [6, 6.07) is -0.478. The van der Waals surface area contributed by atoms with Crippen molar-refractivity contribution >= 4 is 27.8 Å². The van der Waals surface area contributed by atoms with E-state index in [1.807, 2.05) is 13.8 Å². The van der Waals surface area contributed by atoms with Crippen molar-refractivity contribution < 1.29 is 14.3 Å². The first kappa shape index (κ1) is 13.4. The van der Waals surface area contributed by atoms with Gasteiger partial charge in [0.05, 0.1) is 18.0 Å². The predicted molar refractivity (Wildman–Crippen MR) is 57.6 cm³/mol. The summed E-state index contributed by atoms with van der Waals surface area (Å²) in [6.45, 7) is 5.77. The number of amides is 1. The number of carbonyl (C=O) groups is 2. The SMILES string of the molecule is CCOC(=O)N[C@H](C(=O)CBr)C(C)C. The third-order valence-electron chi connectivity index (χ3n) is 1.69. The smallest absolute Gasteiger partial charge is 0.407 e. The van der Waals surface area contributed by atoms with E-state index in [2.05, 4.69) is 21.2 Å². The molecule has 0 saturated heterocycles. The van der Waals surface area contributed by atoms with Gasteiger partial charge in [-0.15, -0.1) is 0 Å². The summed E-state index contributed by atoms with van der Waals surface area (Å²) in [5.41, 5.74) is 0. The van der Waals surface area contributed by atoms with E-state index in [0.717, 1.165) is 0 Å². The molecule has 0 aliphatic heterocycles. The highest BCUT2D eigenvalue weighted by Gasteiger charge is 2.23. The molecule has 0 heterocycles. The van der Waals surface area contributed by atoms with Crippen molar-refractivity contribution in [1.29, 1.82) is 0 Å². The lowest BCUT2D eigenvalue weighted by Gasteiger charge is -2.19. The first-order chi connectivity index (χ1) is 6.52. The molecule has 82 valence electrons. The molecule has 0 aromatic rings. The van der Waals surface area contributed by atoms with Gasteiger partial charge in [-0.3, -0.25) is 4.79 Å². The number of hydrogen-bond acceptors (Lipinski definition) is 3. The molecule has 0 aliphatic carbocycles. The van der Waals surface area contributed by atoms with E-state index in [1.54, 1.807) is 6.92 Å². The van der Waals surface area contributed by atoms with Crippen LogP contribution >= 0.6 is 15.9 Å². The maximum absolute atomic E-state index is 11.4. The molecule has 4 nitrogen and oxygen atoms in total. The van der Waals surface area contributed by atoms with Gasteiger partial charge in [0.25, 0.3) is 0 Å². The fourth-order valence-corrected chi connectivity index (χ4v) is 1.35. The summed E-state index contributed by atoms with van der Waals surface area (Å²) in [4.78, 5) is 22.5. The standard InChI is InChI=1S/C9H16BrNO3/c1-4-14-9(13)11-8(6(2)3)7(12)5-10/h6,8H,4-5H2,1-3H3,(H,11,13)/t8-/m0/s1. The topological polar surface area (TPSA) is 55.4 Å². The van der Waals surface area contributed by atoms with Crippen molar-refractivity contribution in [3.05, 3.63) is 0 Å². The lowest BCUT2D eigenvalue weighted by molar-refractivity contribution is -0.119. The number of nitrogens with one attached hydrogen (secondary N) is 1. The van der Waals surface area contributed by atoms with Gasteiger partial charge >= 0.3 is 6.09 Å². The van der Waals surface area contributed by atoms with E-state index in [9.17, 15) is 9.59 Å². The highest BCUT2D eigenvalue weighted by Crippen LogP contribution is 2.05. The van der Waals surface area contributed by atoms with Crippen molar-refractivity contribution in [3.8, 4) is 0 Å². The number of hydrogen-bond donors (Lipinski definition) is 1. The van der Waals surface area contributed by atoms with Crippen LogP contribution in [-0.2, 0) is 9.53 Å². The Hall–Kier alpha value is -0.580. The minimum absolute atomic E-state index is 0.0481. The monoisotopic (exact) mass is 265 g/mol. The van der Waals surface area contributed by atoms with Crippen LogP contribution in [-0.4, -0.2) is 29.9 Å². The van der Waals surface area contributed by atoms with Crippen molar-refractivity contribution in [2.45, 2.75) is 26.8 Å². The summed E-state index contributed by atoms with van der Waals surface area (Å²) in [5.74, 6) is 0.0116. The Labute approximate surface area is 92.5 Å². The Morgan fingerprint density at radius 1 is 1.43 bits per heavy atom. The second kappa shape index (κ2) is 6.81. The molecular formula is C9H16BrNO3. The van der Waals surface area contributed by atoms with Crippen LogP contribution < -0.4 is 5.32 Å². The first-order valence-electron chi connectivity index (χ1n) is 4.54. The van der Waals surface area contributed by atoms with Crippen LogP contribution in [0.1, 0.15) is 20.8 Å². The molecule has 0 aromatic carbocycles. The lowest BCUT2D eigenvalue weighted by atomic mass is 10.0. The van der Waals surface area contributed by atoms with Crippen LogP contribution in [0.25, 0.3) is 0 Å². The van der Waals surface area contributed by atoms with Crippen LogP contribution in [0.5, 0.6) is 0 Å². The van der Waals surface area contributed by atoms with Crippen LogP contribution in [0, 0.1) is 5.92 Å². The Morgan fingerprint density at radius 2 is 2.00 bits per heavy atom. The summed E-state index contributed by atoms with van der Waals surface area (Å²) in [6.07, 6.45) is -0.541. The van der Waals surface area contributed by atoms with E-state index in [-0.39, 0.29) is 17.0 Å². The number of carbonyl (C=O) groups excluding carboxylic acids is 2. The number of Topliss-reactive ketones (excluding diaryl/α,β-unsaturated/α-hetero) is 1. The Morgan fingerprint density at radius 3 is 2.36 bits per heavy atom. The number of alkyl carbamates (subject to hydrolysis) is 1. The number of halogens is 1. The van der Waals surface area contributed by atoms with Gasteiger partial charge in [-0.25, -0.2) is 4.79 Å². The van der Waals surface area contributed by atoms with E-state index < -0.39 is 12.1 Å². The minimum atomic E-state index is -0.541. The number of ketones is 1. The second-order valence-corrected chi connectivity index (χ2v) is 3.75.